The van der Waals surface area contributed by atoms with Crippen molar-refractivity contribution in [3.8, 4) is 11.4 Å². The highest BCUT2D eigenvalue weighted by molar-refractivity contribution is 5.93. The standard InChI is InChI=1S/C18H13FN2O5/c1-24-17(22)12-2-4-13(5-3-12)18(23)25-10-15-20-16(21-26-15)11-6-8-14(19)9-7-11/h2-9H,10H2,1H3. The molecule has 26 heavy (non-hydrogen) atoms. The van der Waals surface area contributed by atoms with Crippen LogP contribution in [0.25, 0.3) is 11.4 Å². The second kappa shape index (κ2) is 7.56. The Labute approximate surface area is 147 Å². The molecule has 0 fully saturated rings. The van der Waals surface area contributed by atoms with Gasteiger partial charge in [-0.3, -0.25) is 0 Å². The Morgan fingerprint density at radius 3 is 2.23 bits per heavy atom. The second-order valence-corrected chi connectivity index (χ2v) is 5.16. The summed E-state index contributed by atoms with van der Waals surface area (Å²) in [5.41, 5.74) is 1.16. The number of halogens is 1. The van der Waals surface area contributed by atoms with E-state index >= 15 is 0 Å². The van der Waals surface area contributed by atoms with Crippen molar-refractivity contribution in [2.45, 2.75) is 6.61 Å². The average molecular weight is 356 g/mol. The normalized spacial score (nSPS) is 10.4. The largest absolute Gasteiger partial charge is 0.465 e. The van der Waals surface area contributed by atoms with Gasteiger partial charge < -0.3 is 14.0 Å². The molecule has 0 bridgehead atoms. The first kappa shape index (κ1) is 17.3. The van der Waals surface area contributed by atoms with Crippen LogP contribution in [0.2, 0.25) is 0 Å². The predicted molar refractivity (Wildman–Crippen MR) is 86.6 cm³/mol. The molecule has 1 aromatic heterocycles. The third kappa shape index (κ3) is 3.92. The van der Waals surface area contributed by atoms with Gasteiger partial charge in [-0.2, -0.15) is 4.98 Å². The summed E-state index contributed by atoms with van der Waals surface area (Å²) >= 11 is 0. The van der Waals surface area contributed by atoms with Crippen LogP contribution in [0, 0.1) is 5.82 Å². The number of hydrogen-bond donors (Lipinski definition) is 0. The van der Waals surface area contributed by atoms with Crippen molar-refractivity contribution in [3.63, 3.8) is 0 Å². The number of benzene rings is 2. The summed E-state index contributed by atoms with van der Waals surface area (Å²) in [6, 6.07) is 11.4. The fraction of sp³-hybridized carbons (Fsp3) is 0.111. The molecular weight excluding hydrogens is 343 g/mol. The number of esters is 2. The topological polar surface area (TPSA) is 91.5 Å². The van der Waals surface area contributed by atoms with Crippen molar-refractivity contribution >= 4 is 11.9 Å². The highest BCUT2D eigenvalue weighted by Crippen LogP contribution is 2.16. The summed E-state index contributed by atoms with van der Waals surface area (Å²) in [7, 11) is 1.27. The molecular formula is C18H13FN2O5. The van der Waals surface area contributed by atoms with E-state index in [1.165, 1.54) is 55.6 Å². The molecule has 0 spiro atoms. The van der Waals surface area contributed by atoms with Gasteiger partial charge in [-0.1, -0.05) is 5.16 Å². The molecule has 0 atom stereocenters. The average Bonchev–Trinajstić information content (AvgIpc) is 3.15. The minimum absolute atomic E-state index is 0.101. The van der Waals surface area contributed by atoms with Crippen LogP contribution in [0.4, 0.5) is 4.39 Å². The third-order valence-electron chi connectivity index (χ3n) is 3.44. The lowest BCUT2D eigenvalue weighted by atomic mass is 10.1. The van der Waals surface area contributed by atoms with Crippen molar-refractivity contribution in [1.82, 2.24) is 10.1 Å². The van der Waals surface area contributed by atoms with Gasteiger partial charge in [0.15, 0.2) is 6.61 Å². The van der Waals surface area contributed by atoms with E-state index in [0.29, 0.717) is 11.1 Å². The van der Waals surface area contributed by atoms with Gasteiger partial charge in [-0.05, 0) is 48.5 Å². The number of carbonyl (C=O) groups is 2. The fourth-order valence-electron chi connectivity index (χ4n) is 2.10. The summed E-state index contributed by atoms with van der Waals surface area (Å²) < 4.78 is 27.6. The molecule has 2 aromatic carbocycles. The van der Waals surface area contributed by atoms with E-state index in [9.17, 15) is 14.0 Å². The van der Waals surface area contributed by atoms with Crippen molar-refractivity contribution < 1.29 is 28.0 Å². The van der Waals surface area contributed by atoms with E-state index in [2.05, 4.69) is 14.9 Å². The minimum Gasteiger partial charge on any atom is -0.465 e. The zero-order chi connectivity index (χ0) is 18.5. The van der Waals surface area contributed by atoms with Gasteiger partial charge in [-0.25, -0.2) is 14.0 Å². The minimum atomic E-state index is -0.608. The molecule has 0 amide bonds. The quantitative estimate of drug-likeness (QED) is 0.649. The lowest BCUT2D eigenvalue weighted by Gasteiger charge is -2.03. The Kier molecular flexibility index (Phi) is 5.02. The fourth-order valence-corrected chi connectivity index (χ4v) is 2.10. The Balaban J connectivity index is 1.61. The van der Waals surface area contributed by atoms with Crippen LogP contribution in [0.15, 0.2) is 53.1 Å². The molecule has 0 radical (unpaired) electrons. The Morgan fingerprint density at radius 2 is 1.62 bits per heavy atom. The second-order valence-electron chi connectivity index (χ2n) is 5.16. The molecule has 8 heteroatoms. The van der Waals surface area contributed by atoms with Gasteiger partial charge in [0.2, 0.25) is 5.82 Å². The summed E-state index contributed by atoms with van der Waals surface area (Å²) in [6.07, 6.45) is 0. The molecule has 7 nitrogen and oxygen atoms in total. The van der Waals surface area contributed by atoms with E-state index < -0.39 is 11.9 Å². The molecule has 3 rings (SSSR count). The van der Waals surface area contributed by atoms with Crippen LogP contribution >= 0.6 is 0 Å². The van der Waals surface area contributed by atoms with Crippen molar-refractivity contribution in [3.05, 3.63) is 71.4 Å². The van der Waals surface area contributed by atoms with Gasteiger partial charge in [0.05, 0.1) is 18.2 Å². The van der Waals surface area contributed by atoms with Gasteiger partial charge in [0.1, 0.15) is 5.82 Å². The summed E-state index contributed by atoms with van der Waals surface area (Å²) in [5, 5.41) is 3.76. The van der Waals surface area contributed by atoms with Gasteiger partial charge in [0.25, 0.3) is 5.89 Å². The summed E-state index contributed by atoms with van der Waals surface area (Å²) in [6.45, 7) is -0.216. The lowest BCUT2D eigenvalue weighted by Crippen LogP contribution is -2.07. The van der Waals surface area contributed by atoms with Crippen LogP contribution in [0.1, 0.15) is 26.6 Å². The Morgan fingerprint density at radius 1 is 1.00 bits per heavy atom. The summed E-state index contributed by atoms with van der Waals surface area (Å²) in [4.78, 5) is 27.5. The van der Waals surface area contributed by atoms with Crippen LogP contribution in [0.3, 0.4) is 0 Å². The highest BCUT2D eigenvalue weighted by Gasteiger charge is 2.13. The molecule has 0 N–H and O–H groups in total. The molecule has 0 unspecified atom stereocenters. The number of carbonyl (C=O) groups excluding carboxylic acids is 2. The van der Waals surface area contributed by atoms with Crippen molar-refractivity contribution in [2.24, 2.45) is 0 Å². The van der Waals surface area contributed by atoms with Gasteiger partial charge >= 0.3 is 11.9 Å². The smallest absolute Gasteiger partial charge is 0.338 e. The predicted octanol–water partition coefficient (Wildman–Crippen LogP) is 3.02. The monoisotopic (exact) mass is 356 g/mol. The van der Waals surface area contributed by atoms with E-state index in [0.717, 1.165) is 0 Å². The maximum Gasteiger partial charge on any atom is 0.338 e. The number of ether oxygens (including phenoxy) is 2. The molecule has 1 heterocycles. The lowest BCUT2D eigenvalue weighted by molar-refractivity contribution is 0.0429. The van der Waals surface area contributed by atoms with Crippen LogP contribution < -0.4 is 0 Å². The number of rotatable bonds is 5. The Hall–Kier alpha value is -3.55. The maximum atomic E-state index is 12.9. The van der Waals surface area contributed by atoms with E-state index in [1.807, 2.05) is 0 Å². The molecule has 0 aliphatic heterocycles. The number of methoxy groups -OCH3 is 1. The van der Waals surface area contributed by atoms with Crippen LogP contribution in [-0.4, -0.2) is 29.2 Å². The summed E-state index contributed by atoms with van der Waals surface area (Å²) in [5.74, 6) is -1.11. The number of hydrogen-bond acceptors (Lipinski definition) is 7. The molecule has 3 aromatic rings. The maximum absolute atomic E-state index is 12.9. The van der Waals surface area contributed by atoms with Crippen LogP contribution in [0.5, 0.6) is 0 Å². The van der Waals surface area contributed by atoms with E-state index in [1.54, 1.807) is 0 Å². The number of nitrogens with zero attached hydrogens (tertiary/aromatic N) is 2. The molecule has 0 aliphatic carbocycles. The van der Waals surface area contributed by atoms with E-state index in [4.69, 9.17) is 9.26 Å². The van der Waals surface area contributed by atoms with Gasteiger partial charge in [-0.15, -0.1) is 0 Å². The first-order valence-corrected chi connectivity index (χ1v) is 7.51. The highest BCUT2D eigenvalue weighted by atomic mass is 19.1. The van der Waals surface area contributed by atoms with Crippen molar-refractivity contribution in [2.75, 3.05) is 7.11 Å². The molecule has 0 aliphatic rings. The third-order valence-corrected chi connectivity index (χ3v) is 3.44. The number of aromatic nitrogens is 2. The van der Waals surface area contributed by atoms with Gasteiger partial charge in [0, 0.05) is 5.56 Å². The zero-order valence-corrected chi connectivity index (χ0v) is 13.6. The zero-order valence-electron chi connectivity index (χ0n) is 13.6. The Bertz CT molecular complexity index is 920. The molecule has 132 valence electrons. The molecule has 0 saturated heterocycles. The van der Waals surface area contributed by atoms with Crippen LogP contribution in [-0.2, 0) is 16.1 Å². The SMILES string of the molecule is COC(=O)c1ccc(C(=O)OCc2nc(-c3ccc(F)cc3)no2)cc1. The molecule has 0 saturated carbocycles. The first-order chi connectivity index (χ1) is 12.6. The van der Waals surface area contributed by atoms with E-state index in [-0.39, 0.29) is 29.7 Å². The van der Waals surface area contributed by atoms with Crippen molar-refractivity contribution in [1.29, 1.82) is 0 Å². The first-order valence-electron chi connectivity index (χ1n) is 7.51.